The summed E-state index contributed by atoms with van der Waals surface area (Å²) in [4.78, 5) is 16.8. The van der Waals surface area contributed by atoms with Gasteiger partial charge in [-0.25, -0.2) is 13.5 Å². The van der Waals surface area contributed by atoms with E-state index < -0.39 is 11.7 Å². The van der Waals surface area contributed by atoms with Gasteiger partial charge in [-0.3, -0.25) is 9.78 Å². The van der Waals surface area contributed by atoms with Gasteiger partial charge in [0, 0.05) is 18.0 Å². The molecule has 0 radical (unpaired) electrons. The molecule has 1 N–H and O–H groups in total. The molecule has 0 saturated heterocycles. The fraction of sp³-hybridized carbons (Fsp3) is 0. The van der Waals surface area contributed by atoms with Crippen molar-refractivity contribution >= 4 is 23.2 Å². The number of benzene rings is 2. The van der Waals surface area contributed by atoms with Crippen molar-refractivity contribution in [2.75, 3.05) is 5.32 Å². The van der Waals surface area contributed by atoms with Crippen LogP contribution in [0.15, 0.2) is 73.1 Å². The first-order valence-electron chi connectivity index (χ1n) is 8.54. The van der Waals surface area contributed by atoms with Crippen molar-refractivity contribution in [1.29, 1.82) is 0 Å². The van der Waals surface area contributed by atoms with Gasteiger partial charge in [-0.2, -0.15) is 5.10 Å². The Morgan fingerprint density at radius 3 is 2.45 bits per heavy atom. The second-order valence-corrected chi connectivity index (χ2v) is 6.53. The van der Waals surface area contributed by atoms with Crippen LogP contribution in [0.25, 0.3) is 16.9 Å². The van der Waals surface area contributed by atoms with Crippen LogP contribution in [0, 0.1) is 11.6 Å². The first-order valence-corrected chi connectivity index (χ1v) is 8.92. The molecule has 4 aromatic rings. The summed E-state index contributed by atoms with van der Waals surface area (Å²) in [6.45, 7) is 0. The Morgan fingerprint density at radius 1 is 1.00 bits per heavy atom. The molecule has 0 bridgehead atoms. The molecule has 0 atom stereocenters. The molecule has 0 fully saturated rings. The van der Waals surface area contributed by atoms with Gasteiger partial charge in [0.2, 0.25) is 0 Å². The molecule has 0 unspecified atom stereocenters. The van der Waals surface area contributed by atoms with E-state index >= 15 is 0 Å². The number of amides is 1. The van der Waals surface area contributed by atoms with Crippen LogP contribution in [0.1, 0.15) is 10.5 Å². The van der Waals surface area contributed by atoms with Gasteiger partial charge >= 0.3 is 0 Å². The summed E-state index contributed by atoms with van der Waals surface area (Å²) in [6.07, 6.45) is 3.27. The molecule has 2 aromatic heterocycles. The maximum Gasteiger partial charge on any atom is 0.276 e. The quantitative estimate of drug-likeness (QED) is 0.508. The maximum atomic E-state index is 13.3. The van der Waals surface area contributed by atoms with E-state index in [1.165, 1.54) is 28.9 Å². The summed E-state index contributed by atoms with van der Waals surface area (Å²) in [7, 11) is 0. The van der Waals surface area contributed by atoms with E-state index in [1.807, 2.05) is 6.07 Å². The van der Waals surface area contributed by atoms with Gasteiger partial charge in [-0.1, -0.05) is 11.6 Å². The zero-order valence-corrected chi connectivity index (χ0v) is 15.6. The Bertz CT molecular complexity index is 1180. The molecule has 2 aromatic carbocycles. The molecule has 144 valence electrons. The summed E-state index contributed by atoms with van der Waals surface area (Å²) >= 11 is 5.98. The Kier molecular flexibility index (Phi) is 5.05. The van der Waals surface area contributed by atoms with E-state index in [9.17, 15) is 13.6 Å². The fourth-order valence-corrected chi connectivity index (χ4v) is 2.98. The standard InChI is InChI=1S/C21H13ClF2N4O/c22-17-10-15(24)5-8-18(17)26-21(29)19-11-20(13-2-1-9-25-12-13)28(27-19)16-6-3-14(23)4-7-16/h1-12H,(H,26,29). The minimum atomic E-state index is -0.524. The van der Waals surface area contributed by atoms with Crippen molar-refractivity contribution in [1.82, 2.24) is 14.8 Å². The number of aromatic nitrogens is 3. The smallest absolute Gasteiger partial charge is 0.276 e. The van der Waals surface area contributed by atoms with E-state index in [0.717, 1.165) is 11.6 Å². The summed E-state index contributed by atoms with van der Waals surface area (Å²) < 4.78 is 28.1. The molecular formula is C21H13ClF2N4O. The lowest BCUT2D eigenvalue weighted by atomic mass is 10.2. The maximum absolute atomic E-state index is 13.3. The molecule has 0 saturated carbocycles. The molecule has 1 amide bonds. The number of hydrogen-bond acceptors (Lipinski definition) is 3. The number of carbonyl (C=O) groups excluding carboxylic acids is 1. The summed E-state index contributed by atoms with van der Waals surface area (Å²) in [5.41, 5.74) is 2.26. The first-order chi connectivity index (χ1) is 14.0. The van der Waals surface area contributed by atoms with Crippen LogP contribution in [-0.4, -0.2) is 20.7 Å². The highest BCUT2D eigenvalue weighted by Crippen LogP contribution is 2.26. The lowest BCUT2D eigenvalue weighted by Gasteiger charge is -2.07. The number of nitrogens with one attached hydrogen (secondary N) is 1. The Hall–Kier alpha value is -3.58. The van der Waals surface area contributed by atoms with Gasteiger partial charge in [-0.05, 0) is 60.7 Å². The lowest BCUT2D eigenvalue weighted by molar-refractivity contribution is 0.102. The summed E-state index contributed by atoms with van der Waals surface area (Å²) in [5.74, 6) is -1.41. The molecule has 29 heavy (non-hydrogen) atoms. The molecule has 2 heterocycles. The second kappa shape index (κ2) is 7.81. The highest BCUT2D eigenvalue weighted by atomic mass is 35.5. The van der Waals surface area contributed by atoms with Crippen molar-refractivity contribution in [3.05, 3.63) is 95.4 Å². The third kappa shape index (κ3) is 4.00. The van der Waals surface area contributed by atoms with Crippen LogP contribution in [0.4, 0.5) is 14.5 Å². The van der Waals surface area contributed by atoms with E-state index in [0.29, 0.717) is 11.4 Å². The van der Waals surface area contributed by atoms with Gasteiger partial charge in [0.05, 0.1) is 22.1 Å². The van der Waals surface area contributed by atoms with Crippen molar-refractivity contribution in [3.8, 4) is 16.9 Å². The minimum Gasteiger partial charge on any atom is -0.319 e. The third-order valence-electron chi connectivity index (χ3n) is 4.15. The van der Waals surface area contributed by atoms with Gasteiger partial charge in [0.15, 0.2) is 5.69 Å². The van der Waals surface area contributed by atoms with E-state index in [1.54, 1.807) is 36.7 Å². The lowest BCUT2D eigenvalue weighted by Crippen LogP contribution is -2.13. The first kappa shape index (κ1) is 18.8. The highest BCUT2D eigenvalue weighted by Gasteiger charge is 2.18. The zero-order valence-electron chi connectivity index (χ0n) is 14.8. The topological polar surface area (TPSA) is 59.8 Å². The normalized spacial score (nSPS) is 10.7. The Balaban J connectivity index is 1.74. The summed E-state index contributed by atoms with van der Waals surface area (Å²) in [5, 5.41) is 7.06. The van der Waals surface area contributed by atoms with Gasteiger partial charge < -0.3 is 5.32 Å². The van der Waals surface area contributed by atoms with Gasteiger partial charge in [0.25, 0.3) is 5.91 Å². The summed E-state index contributed by atoms with van der Waals surface area (Å²) in [6, 6.07) is 14.6. The van der Waals surface area contributed by atoms with Crippen molar-refractivity contribution in [2.24, 2.45) is 0 Å². The number of pyridine rings is 1. The molecule has 8 heteroatoms. The number of hydrogen-bond donors (Lipinski definition) is 1. The van der Waals surface area contributed by atoms with Crippen molar-refractivity contribution < 1.29 is 13.6 Å². The number of rotatable bonds is 4. The zero-order chi connectivity index (χ0) is 20.4. The molecule has 5 nitrogen and oxygen atoms in total. The Morgan fingerprint density at radius 2 is 1.76 bits per heavy atom. The molecule has 0 aliphatic heterocycles. The monoisotopic (exact) mass is 410 g/mol. The SMILES string of the molecule is O=C(Nc1ccc(F)cc1Cl)c1cc(-c2cccnc2)n(-c2ccc(F)cc2)n1. The largest absolute Gasteiger partial charge is 0.319 e. The molecule has 0 spiro atoms. The van der Waals surface area contributed by atoms with Crippen molar-refractivity contribution in [2.45, 2.75) is 0 Å². The average molecular weight is 411 g/mol. The number of nitrogens with zero attached hydrogens (tertiary/aromatic N) is 3. The molecule has 0 aliphatic carbocycles. The minimum absolute atomic E-state index is 0.0730. The van der Waals surface area contributed by atoms with Crippen LogP contribution in [0.5, 0.6) is 0 Å². The van der Waals surface area contributed by atoms with Crippen LogP contribution in [0.2, 0.25) is 5.02 Å². The number of carbonyl (C=O) groups is 1. The van der Waals surface area contributed by atoms with E-state index in [-0.39, 0.29) is 22.2 Å². The van der Waals surface area contributed by atoms with Crippen LogP contribution in [0.3, 0.4) is 0 Å². The molecule has 0 aliphatic rings. The predicted octanol–water partition coefficient (Wildman–Crippen LogP) is 5.12. The van der Waals surface area contributed by atoms with E-state index in [4.69, 9.17) is 11.6 Å². The van der Waals surface area contributed by atoms with Gasteiger partial charge in [0.1, 0.15) is 11.6 Å². The molecule has 4 rings (SSSR count). The number of halogens is 3. The predicted molar refractivity (Wildman–Crippen MR) is 106 cm³/mol. The highest BCUT2D eigenvalue weighted by molar-refractivity contribution is 6.33. The molecular weight excluding hydrogens is 398 g/mol. The van der Waals surface area contributed by atoms with Crippen LogP contribution >= 0.6 is 11.6 Å². The number of anilines is 1. The fourth-order valence-electron chi connectivity index (χ4n) is 2.77. The Labute approximate surface area is 169 Å². The van der Waals surface area contributed by atoms with Gasteiger partial charge in [-0.15, -0.1) is 0 Å². The third-order valence-corrected chi connectivity index (χ3v) is 4.46. The second-order valence-electron chi connectivity index (χ2n) is 6.12. The van der Waals surface area contributed by atoms with Crippen molar-refractivity contribution in [3.63, 3.8) is 0 Å². The van der Waals surface area contributed by atoms with E-state index in [2.05, 4.69) is 15.4 Å². The van der Waals surface area contributed by atoms with Crippen LogP contribution in [-0.2, 0) is 0 Å². The van der Waals surface area contributed by atoms with Crippen LogP contribution < -0.4 is 5.32 Å². The average Bonchev–Trinajstić information content (AvgIpc) is 3.17.